The van der Waals surface area contributed by atoms with Gasteiger partial charge in [-0.15, -0.1) is 0 Å². The first-order chi connectivity index (χ1) is 10.3. The lowest BCUT2D eigenvalue weighted by Gasteiger charge is -2.33. The fourth-order valence-corrected chi connectivity index (χ4v) is 4.32. The summed E-state index contributed by atoms with van der Waals surface area (Å²) in [4.78, 5) is 15.1. The van der Waals surface area contributed by atoms with Gasteiger partial charge in [-0.1, -0.05) is 50.1 Å². The predicted molar refractivity (Wildman–Crippen MR) is 86.2 cm³/mol. The molecule has 2 fully saturated rings. The van der Waals surface area contributed by atoms with E-state index in [1.807, 2.05) is 0 Å². The standard InChI is InChI=1S/C19H27NO/c1-2-17(15-9-4-3-5-10-15)18-13-8-14-20(18)19(21)16-11-6-7-12-16/h3-5,9-10,16-18H,2,6-8,11-14H2,1H3/t17-,18+/m0/s1. The lowest BCUT2D eigenvalue weighted by Crippen LogP contribution is -2.41. The van der Waals surface area contributed by atoms with Gasteiger partial charge in [-0.3, -0.25) is 4.79 Å². The quantitative estimate of drug-likeness (QED) is 0.805. The molecule has 1 heterocycles. The van der Waals surface area contributed by atoms with E-state index in [1.165, 1.54) is 31.2 Å². The second-order valence-electron chi connectivity index (χ2n) is 6.65. The number of hydrogen-bond donors (Lipinski definition) is 0. The zero-order valence-corrected chi connectivity index (χ0v) is 13.1. The van der Waals surface area contributed by atoms with Gasteiger partial charge in [0.25, 0.3) is 0 Å². The largest absolute Gasteiger partial charge is 0.339 e. The summed E-state index contributed by atoms with van der Waals surface area (Å²) in [5.41, 5.74) is 1.40. The minimum absolute atomic E-state index is 0.318. The van der Waals surface area contributed by atoms with E-state index >= 15 is 0 Å². The Morgan fingerprint density at radius 3 is 2.52 bits per heavy atom. The zero-order valence-electron chi connectivity index (χ0n) is 13.1. The molecule has 2 nitrogen and oxygen atoms in total. The highest BCUT2D eigenvalue weighted by Crippen LogP contribution is 2.36. The molecule has 0 spiro atoms. The maximum absolute atomic E-state index is 12.8. The van der Waals surface area contributed by atoms with Crippen molar-refractivity contribution in [3.8, 4) is 0 Å². The van der Waals surface area contributed by atoms with Gasteiger partial charge in [-0.05, 0) is 37.7 Å². The van der Waals surface area contributed by atoms with Crippen LogP contribution in [0.1, 0.15) is 63.4 Å². The van der Waals surface area contributed by atoms with Crippen molar-refractivity contribution in [3.05, 3.63) is 35.9 Å². The minimum atomic E-state index is 0.318. The summed E-state index contributed by atoms with van der Waals surface area (Å²) < 4.78 is 0. The molecule has 0 unspecified atom stereocenters. The van der Waals surface area contributed by atoms with Gasteiger partial charge in [0, 0.05) is 24.4 Å². The molecule has 1 aromatic rings. The lowest BCUT2D eigenvalue weighted by atomic mass is 9.87. The molecule has 2 atom stereocenters. The Morgan fingerprint density at radius 2 is 1.86 bits per heavy atom. The zero-order chi connectivity index (χ0) is 14.7. The molecule has 0 N–H and O–H groups in total. The number of benzene rings is 1. The first-order valence-electron chi connectivity index (χ1n) is 8.66. The number of amides is 1. The third-order valence-corrected chi connectivity index (χ3v) is 5.42. The third-order valence-electron chi connectivity index (χ3n) is 5.42. The van der Waals surface area contributed by atoms with Crippen molar-refractivity contribution in [1.29, 1.82) is 0 Å². The van der Waals surface area contributed by atoms with Crippen LogP contribution in [0, 0.1) is 5.92 Å². The normalized spacial score (nSPS) is 24.4. The molecule has 1 amide bonds. The highest BCUT2D eigenvalue weighted by atomic mass is 16.2. The Kier molecular flexibility index (Phi) is 4.62. The van der Waals surface area contributed by atoms with E-state index < -0.39 is 0 Å². The molecule has 0 aromatic heterocycles. The Labute approximate surface area is 128 Å². The van der Waals surface area contributed by atoms with Gasteiger partial charge in [-0.25, -0.2) is 0 Å². The molecule has 1 saturated carbocycles. The van der Waals surface area contributed by atoms with E-state index in [2.05, 4.69) is 42.2 Å². The van der Waals surface area contributed by atoms with Crippen LogP contribution in [0.25, 0.3) is 0 Å². The average molecular weight is 285 g/mol. The number of hydrogen-bond acceptors (Lipinski definition) is 1. The Bertz CT molecular complexity index is 464. The second-order valence-corrected chi connectivity index (χ2v) is 6.65. The van der Waals surface area contributed by atoms with Gasteiger partial charge in [0.2, 0.25) is 5.91 Å². The number of likely N-dealkylation sites (tertiary alicyclic amines) is 1. The van der Waals surface area contributed by atoms with E-state index in [9.17, 15) is 4.79 Å². The first kappa shape index (κ1) is 14.6. The fourth-order valence-electron chi connectivity index (χ4n) is 4.32. The maximum Gasteiger partial charge on any atom is 0.225 e. The Balaban J connectivity index is 1.77. The maximum atomic E-state index is 12.8. The summed E-state index contributed by atoms with van der Waals surface area (Å²) in [5, 5.41) is 0. The van der Waals surface area contributed by atoms with Crippen molar-refractivity contribution in [1.82, 2.24) is 4.90 Å². The van der Waals surface area contributed by atoms with Gasteiger partial charge in [0.05, 0.1) is 0 Å². The van der Waals surface area contributed by atoms with Gasteiger partial charge < -0.3 is 4.90 Å². The number of rotatable bonds is 4. The molecule has 1 aliphatic heterocycles. The van der Waals surface area contributed by atoms with Crippen molar-refractivity contribution in [2.45, 2.75) is 63.8 Å². The first-order valence-corrected chi connectivity index (χ1v) is 8.66. The summed E-state index contributed by atoms with van der Waals surface area (Å²) in [5.74, 6) is 1.27. The highest BCUT2D eigenvalue weighted by Gasteiger charge is 2.37. The second kappa shape index (κ2) is 6.64. The molecule has 0 radical (unpaired) electrons. The lowest BCUT2D eigenvalue weighted by molar-refractivity contribution is -0.136. The van der Waals surface area contributed by atoms with Crippen LogP contribution in [0.15, 0.2) is 30.3 Å². The molecular weight excluding hydrogens is 258 g/mol. The van der Waals surface area contributed by atoms with Gasteiger partial charge in [-0.2, -0.15) is 0 Å². The van der Waals surface area contributed by atoms with E-state index in [-0.39, 0.29) is 0 Å². The Hall–Kier alpha value is -1.31. The van der Waals surface area contributed by atoms with Crippen molar-refractivity contribution in [3.63, 3.8) is 0 Å². The SMILES string of the molecule is CC[C@@H](c1ccccc1)[C@H]1CCCN1C(=O)C1CCCC1. The van der Waals surface area contributed by atoms with Crippen LogP contribution in [0.5, 0.6) is 0 Å². The third kappa shape index (κ3) is 3.00. The fraction of sp³-hybridized carbons (Fsp3) is 0.632. The van der Waals surface area contributed by atoms with Crippen molar-refractivity contribution in [2.75, 3.05) is 6.54 Å². The van der Waals surface area contributed by atoms with Crippen LogP contribution < -0.4 is 0 Å². The smallest absolute Gasteiger partial charge is 0.225 e. The summed E-state index contributed by atoms with van der Waals surface area (Å²) in [7, 11) is 0. The van der Waals surface area contributed by atoms with Crippen LogP contribution in [-0.2, 0) is 4.79 Å². The molecule has 114 valence electrons. The van der Waals surface area contributed by atoms with E-state index in [4.69, 9.17) is 0 Å². The summed E-state index contributed by atoms with van der Waals surface area (Å²) in [6, 6.07) is 11.2. The van der Waals surface area contributed by atoms with Gasteiger partial charge in [0.15, 0.2) is 0 Å². The molecule has 2 aliphatic rings. The van der Waals surface area contributed by atoms with Crippen molar-refractivity contribution < 1.29 is 4.79 Å². The van der Waals surface area contributed by atoms with Gasteiger partial charge >= 0.3 is 0 Å². The minimum Gasteiger partial charge on any atom is -0.339 e. The van der Waals surface area contributed by atoms with E-state index in [1.54, 1.807) is 0 Å². The summed E-state index contributed by atoms with van der Waals surface area (Å²) in [6.45, 7) is 3.23. The van der Waals surface area contributed by atoms with Gasteiger partial charge in [0.1, 0.15) is 0 Å². The number of carbonyl (C=O) groups is 1. The molecule has 1 aliphatic carbocycles. The molecule has 21 heavy (non-hydrogen) atoms. The summed E-state index contributed by atoms with van der Waals surface area (Å²) >= 11 is 0. The molecular formula is C19H27NO. The Morgan fingerprint density at radius 1 is 1.14 bits per heavy atom. The highest BCUT2D eigenvalue weighted by molar-refractivity contribution is 5.79. The van der Waals surface area contributed by atoms with Crippen LogP contribution in [0.4, 0.5) is 0 Å². The molecule has 2 heteroatoms. The monoisotopic (exact) mass is 285 g/mol. The van der Waals surface area contributed by atoms with Crippen LogP contribution in [0.3, 0.4) is 0 Å². The van der Waals surface area contributed by atoms with Crippen LogP contribution in [-0.4, -0.2) is 23.4 Å². The van der Waals surface area contributed by atoms with Crippen molar-refractivity contribution in [2.24, 2.45) is 5.92 Å². The average Bonchev–Trinajstić information content (AvgIpc) is 3.20. The molecule has 3 rings (SSSR count). The van der Waals surface area contributed by atoms with Crippen LogP contribution in [0.2, 0.25) is 0 Å². The predicted octanol–water partition coefficient (Wildman–Crippen LogP) is 4.36. The van der Waals surface area contributed by atoms with Crippen molar-refractivity contribution >= 4 is 5.91 Å². The molecule has 1 aromatic carbocycles. The summed E-state index contributed by atoms with van der Waals surface area (Å²) in [6.07, 6.45) is 8.17. The van der Waals surface area contributed by atoms with E-state index in [0.717, 1.165) is 25.8 Å². The van der Waals surface area contributed by atoms with Crippen LogP contribution >= 0.6 is 0 Å². The van der Waals surface area contributed by atoms with E-state index in [0.29, 0.717) is 23.8 Å². The molecule has 0 bridgehead atoms. The number of nitrogens with zero attached hydrogens (tertiary/aromatic N) is 1. The number of carbonyl (C=O) groups excluding carboxylic acids is 1. The topological polar surface area (TPSA) is 20.3 Å². The molecule has 1 saturated heterocycles.